The Morgan fingerprint density at radius 1 is 1.19 bits per heavy atom. The van der Waals surface area contributed by atoms with Crippen LogP contribution in [-0.4, -0.2) is 48.5 Å². The number of carbonyl (C=O) groups is 1. The SMILES string of the molecule is Cc1nc(CC2CCN(C(=O)c3cc4c(-c5ccnc(C(C)(C)O)n5)cn(C)c4cc3C)CC2)co1. The highest BCUT2D eigenvalue weighted by Crippen LogP contribution is 2.33. The van der Waals surface area contributed by atoms with Crippen molar-refractivity contribution in [3.63, 3.8) is 0 Å². The fourth-order valence-electron chi connectivity index (χ4n) is 5.08. The largest absolute Gasteiger partial charge is 0.449 e. The van der Waals surface area contributed by atoms with E-state index in [0.717, 1.165) is 71.3 Å². The number of hydrogen-bond donors (Lipinski definition) is 1. The van der Waals surface area contributed by atoms with E-state index in [4.69, 9.17) is 4.42 Å². The van der Waals surface area contributed by atoms with Gasteiger partial charge in [-0.15, -0.1) is 0 Å². The van der Waals surface area contributed by atoms with Crippen LogP contribution in [0.2, 0.25) is 0 Å². The summed E-state index contributed by atoms with van der Waals surface area (Å²) in [5.41, 5.74) is 4.20. The number of fused-ring (bicyclic) bond motifs is 1. The standard InChI is InChI=1S/C28H33N5O3/c1-17-12-25-22(23(15-32(25)5)24-6-9-29-27(31-24)28(3,4)35)14-21(17)26(34)33-10-7-19(8-11-33)13-20-16-36-18(2)30-20/h6,9,12,14-16,19,35H,7-8,10-11,13H2,1-5H3. The van der Waals surface area contributed by atoms with Crippen molar-refractivity contribution in [1.82, 2.24) is 24.4 Å². The minimum atomic E-state index is -1.14. The first-order valence-electron chi connectivity index (χ1n) is 12.5. The molecule has 0 aliphatic carbocycles. The highest BCUT2D eigenvalue weighted by molar-refractivity contribution is 6.03. The van der Waals surface area contributed by atoms with Gasteiger partial charge in [0.2, 0.25) is 0 Å². The molecular formula is C28H33N5O3. The number of aryl methyl sites for hydroxylation is 3. The summed E-state index contributed by atoms with van der Waals surface area (Å²) in [6.07, 6.45) is 8.23. The summed E-state index contributed by atoms with van der Waals surface area (Å²) in [6.45, 7) is 8.67. The number of aromatic nitrogens is 4. The number of amides is 1. The molecule has 0 atom stereocenters. The number of aliphatic hydroxyl groups is 1. The molecule has 1 aromatic carbocycles. The van der Waals surface area contributed by atoms with Gasteiger partial charge >= 0.3 is 0 Å². The van der Waals surface area contributed by atoms with Crippen LogP contribution in [0.5, 0.6) is 0 Å². The predicted molar refractivity (Wildman–Crippen MR) is 137 cm³/mol. The van der Waals surface area contributed by atoms with Crippen molar-refractivity contribution in [3.05, 3.63) is 65.4 Å². The molecule has 0 bridgehead atoms. The van der Waals surface area contributed by atoms with E-state index in [0.29, 0.717) is 17.6 Å². The lowest BCUT2D eigenvalue weighted by atomic mass is 9.91. The van der Waals surface area contributed by atoms with E-state index in [-0.39, 0.29) is 5.91 Å². The van der Waals surface area contributed by atoms with Crippen molar-refractivity contribution in [3.8, 4) is 11.3 Å². The second kappa shape index (κ2) is 9.17. The third-order valence-electron chi connectivity index (χ3n) is 7.11. The lowest BCUT2D eigenvalue weighted by Crippen LogP contribution is -2.39. The van der Waals surface area contributed by atoms with Crippen LogP contribution in [0.4, 0.5) is 0 Å². The van der Waals surface area contributed by atoms with Crippen molar-refractivity contribution in [2.45, 2.75) is 52.6 Å². The van der Waals surface area contributed by atoms with E-state index in [2.05, 4.69) is 25.6 Å². The molecule has 0 radical (unpaired) electrons. The van der Waals surface area contributed by atoms with Crippen LogP contribution < -0.4 is 0 Å². The van der Waals surface area contributed by atoms with Crippen LogP contribution in [0.15, 0.2) is 41.3 Å². The first kappa shape index (κ1) is 24.2. The Morgan fingerprint density at radius 3 is 2.61 bits per heavy atom. The Hall–Kier alpha value is -3.52. The summed E-state index contributed by atoms with van der Waals surface area (Å²) in [5.74, 6) is 1.64. The zero-order valence-electron chi connectivity index (χ0n) is 21.6. The normalized spacial score (nSPS) is 15.1. The third kappa shape index (κ3) is 4.65. The summed E-state index contributed by atoms with van der Waals surface area (Å²) >= 11 is 0. The van der Waals surface area contributed by atoms with Crippen LogP contribution in [0.25, 0.3) is 22.2 Å². The van der Waals surface area contributed by atoms with Crippen molar-refractivity contribution >= 4 is 16.8 Å². The molecule has 36 heavy (non-hydrogen) atoms. The van der Waals surface area contributed by atoms with E-state index in [1.54, 1.807) is 26.3 Å². The summed E-state index contributed by atoms with van der Waals surface area (Å²) in [4.78, 5) is 28.9. The Bertz CT molecular complexity index is 1420. The van der Waals surface area contributed by atoms with Gasteiger partial charge in [0.15, 0.2) is 11.7 Å². The molecule has 1 saturated heterocycles. The molecule has 8 heteroatoms. The second-order valence-electron chi connectivity index (χ2n) is 10.5. The molecule has 1 aliphatic rings. The topological polar surface area (TPSA) is 97.3 Å². The zero-order chi connectivity index (χ0) is 25.6. The van der Waals surface area contributed by atoms with Crippen LogP contribution in [0.1, 0.15) is 60.0 Å². The molecule has 4 aromatic rings. The molecule has 0 unspecified atom stereocenters. The van der Waals surface area contributed by atoms with Gasteiger partial charge in [0.1, 0.15) is 11.9 Å². The summed E-state index contributed by atoms with van der Waals surface area (Å²) in [6, 6.07) is 5.91. The van der Waals surface area contributed by atoms with Gasteiger partial charge in [-0.1, -0.05) is 0 Å². The zero-order valence-corrected chi connectivity index (χ0v) is 21.6. The smallest absolute Gasteiger partial charge is 0.254 e. The molecule has 1 fully saturated rings. The lowest BCUT2D eigenvalue weighted by molar-refractivity contribution is 0.0683. The number of hydrogen-bond acceptors (Lipinski definition) is 6. The quantitative estimate of drug-likeness (QED) is 0.443. The number of likely N-dealkylation sites (tertiary alicyclic amines) is 1. The fourth-order valence-corrected chi connectivity index (χ4v) is 5.08. The van der Waals surface area contributed by atoms with Crippen LogP contribution >= 0.6 is 0 Å². The van der Waals surface area contributed by atoms with Crippen LogP contribution in [-0.2, 0) is 19.1 Å². The first-order chi connectivity index (χ1) is 17.1. The van der Waals surface area contributed by atoms with Gasteiger partial charge in [-0.3, -0.25) is 4.79 Å². The summed E-state index contributed by atoms with van der Waals surface area (Å²) < 4.78 is 7.39. The summed E-state index contributed by atoms with van der Waals surface area (Å²) in [5, 5.41) is 11.4. The minimum Gasteiger partial charge on any atom is -0.449 e. The number of rotatable bonds is 5. The summed E-state index contributed by atoms with van der Waals surface area (Å²) in [7, 11) is 1.99. The van der Waals surface area contributed by atoms with Crippen molar-refractivity contribution in [1.29, 1.82) is 0 Å². The maximum absolute atomic E-state index is 13.6. The molecule has 1 amide bonds. The van der Waals surface area contributed by atoms with Crippen LogP contribution in [0.3, 0.4) is 0 Å². The molecule has 1 aliphatic heterocycles. The van der Waals surface area contributed by atoms with Gasteiger partial charge in [0, 0.05) is 61.5 Å². The van der Waals surface area contributed by atoms with E-state index >= 15 is 0 Å². The Labute approximate surface area is 211 Å². The fraction of sp³-hybridized carbons (Fsp3) is 0.429. The maximum atomic E-state index is 13.6. The molecule has 8 nitrogen and oxygen atoms in total. The van der Waals surface area contributed by atoms with E-state index in [1.165, 1.54) is 0 Å². The van der Waals surface area contributed by atoms with Gasteiger partial charge in [0.05, 0.1) is 11.4 Å². The van der Waals surface area contributed by atoms with Gasteiger partial charge in [-0.2, -0.15) is 0 Å². The molecule has 188 valence electrons. The first-order valence-corrected chi connectivity index (χ1v) is 12.5. The monoisotopic (exact) mass is 487 g/mol. The van der Waals surface area contributed by atoms with Gasteiger partial charge < -0.3 is 19.0 Å². The maximum Gasteiger partial charge on any atom is 0.254 e. The lowest BCUT2D eigenvalue weighted by Gasteiger charge is -2.32. The van der Waals surface area contributed by atoms with Crippen molar-refractivity contribution in [2.24, 2.45) is 13.0 Å². The van der Waals surface area contributed by atoms with Gasteiger partial charge in [0.25, 0.3) is 5.91 Å². The second-order valence-corrected chi connectivity index (χ2v) is 10.5. The molecule has 5 rings (SSSR count). The number of benzene rings is 1. The average Bonchev–Trinajstić information content (AvgIpc) is 3.40. The molecular weight excluding hydrogens is 454 g/mol. The molecule has 1 N–H and O–H groups in total. The Morgan fingerprint density at radius 2 is 1.94 bits per heavy atom. The molecule has 0 spiro atoms. The molecule has 3 aromatic heterocycles. The Balaban J connectivity index is 1.40. The Kier molecular flexibility index (Phi) is 6.16. The number of nitrogens with zero attached hydrogens (tertiary/aromatic N) is 5. The van der Waals surface area contributed by atoms with Crippen molar-refractivity contribution < 1.29 is 14.3 Å². The number of piperidine rings is 1. The highest BCUT2D eigenvalue weighted by Gasteiger charge is 2.27. The highest BCUT2D eigenvalue weighted by atomic mass is 16.3. The number of oxazole rings is 1. The third-order valence-corrected chi connectivity index (χ3v) is 7.11. The molecule has 0 saturated carbocycles. The predicted octanol–water partition coefficient (Wildman–Crippen LogP) is 4.56. The van der Waals surface area contributed by atoms with Gasteiger partial charge in [-0.05, 0) is 69.7 Å². The van der Waals surface area contributed by atoms with Crippen molar-refractivity contribution in [2.75, 3.05) is 13.1 Å². The average molecular weight is 488 g/mol. The van der Waals surface area contributed by atoms with Gasteiger partial charge in [-0.25, -0.2) is 15.0 Å². The van der Waals surface area contributed by atoms with Crippen LogP contribution in [0, 0.1) is 19.8 Å². The number of carbonyl (C=O) groups excluding carboxylic acids is 1. The van der Waals surface area contributed by atoms with E-state index in [1.807, 2.05) is 44.1 Å². The van der Waals surface area contributed by atoms with E-state index < -0.39 is 5.60 Å². The van der Waals surface area contributed by atoms with E-state index in [9.17, 15) is 9.90 Å². The molecule has 4 heterocycles. The minimum absolute atomic E-state index is 0.0693.